The van der Waals surface area contributed by atoms with E-state index < -0.39 is 0 Å². The molecule has 0 atom stereocenters. The maximum Gasteiger partial charge on any atom is 0.301 e. The van der Waals surface area contributed by atoms with Crippen LogP contribution in [0, 0.1) is 6.92 Å². The summed E-state index contributed by atoms with van der Waals surface area (Å²) >= 11 is 0. The molecule has 0 unspecified atom stereocenters. The summed E-state index contributed by atoms with van der Waals surface area (Å²) in [5.74, 6) is 0. The lowest BCUT2D eigenvalue weighted by Crippen LogP contribution is -2.22. The number of hydrogen-bond acceptors (Lipinski definition) is 4. The summed E-state index contributed by atoms with van der Waals surface area (Å²) in [4.78, 5) is 12.1. The largest absolute Gasteiger partial charge is 0.363 e. The minimum absolute atomic E-state index is 0.273. The molecule has 0 spiro atoms. The van der Waals surface area contributed by atoms with Crippen molar-refractivity contribution in [3.05, 3.63) is 52.6 Å². The number of rotatable bonds is 1. The third-order valence-corrected chi connectivity index (χ3v) is 2.61. The van der Waals surface area contributed by atoms with Gasteiger partial charge in [0, 0.05) is 0 Å². The van der Waals surface area contributed by atoms with Crippen molar-refractivity contribution in [3.8, 4) is 5.69 Å². The van der Waals surface area contributed by atoms with Crippen LogP contribution in [-0.4, -0.2) is 14.9 Å². The van der Waals surface area contributed by atoms with E-state index in [2.05, 4.69) is 10.3 Å². The van der Waals surface area contributed by atoms with Gasteiger partial charge < -0.3 is 4.52 Å². The summed E-state index contributed by atoms with van der Waals surface area (Å²) in [7, 11) is 0. The number of aromatic nitrogens is 3. The standard InChI is InChI=1S/C12H9N3O2/c1-8-10-7-17-14-11(10)12(16)15(13-8)9-5-3-2-4-6-9/h2-7H,1H3. The smallest absolute Gasteiger partial charge is 0.301 e. The molecule has 84 valence electrons. The minimum atomic E-state index is -0.273. The van der Waals surface area contributed by atoms with E-state index >= 15 is 0 Å². The van der Waals surface area contributed by atoms with Crippen LogP contribution in [-0.2, 0) is 0 Å². The van der Waals surface area contributed by atoms with E-state index in [4.69, 9.17) is 4.52 Å². The van der Waals surface area contributed by atoms with Gasteiger partial charge >= 0.3 is 5.56 Å². The highest BCUT2D eigenvalue weighted by Gasteiger charge is 2.12. The molecule has 0 N–H and O–H groups in total. The van der Waals surface area contributed by atoms with Gasteiger partial charge in [-0.2, -0.15) is 9.78 Å². The first-order valence-corrected chi connectivity index (χ1v) is 5.17. The van der Waals surface area contributed by atoms with Crippen molar-refractivity contribution in [3.63, 3.8) is 0 Å². The normalized spacial score (nSPS) is 10.9. The van der Waals surface area contributed by atoms with Gasteiger partial charge in [-0.05, 0) is 19.1 Å². The molecule has 0 saturated heterocycles. The number of fused-ring (bicyclic) bond motifs is 1. The Morgan fingerprint density at radius 2 is 2.00 bits per heavy atom. The first kappa shape index (κ1) is 9.77. The van der Waals surface area contributed by atoms with Gasteiger partial charge in [-0.1, -0.05) is 23.4 Å². The molecule has 5 nitrogen and oxygen atoms in total. The lowest BCUT2D eigenvalue weighted by Gasteiger charge is -2.04. The Morgan fingerprint density at radius 3 is 2.76 bits per heavy atom. The van der Waals surface area contributed by atoms with Gasteiger partial charge in [0.15, 0.2) is 5.52 Å². The van der Waals surface area contributed by atoms with Gasteiger partial charge in [0.25, 0.3) is 0 Å². The molecule has 0 fully saturated rings. The molecule has 0 bridgehead atoms. The van der Waals surface area contributed by atoms with Crippen molar-refractivity contribution in [2.75, 3.05) is 0 Å². The number of nitrogens with zero attached hydrogens (tertiary/aromatic N) is 3. The van der Waals surface area contributed by atoms with Crippen LogP contribution in [0.15, 0.2) is 45.9 Å². The van der Waals surface area contributed by atoms with Gasteiger partial charge in [0.05, 0.1) is 16.8 Å². The fraction of sp³-hybridized carbons (Fsp3) is 0.0833. The fourth-order valence-corrected chi connectivity index (χ4v) is 1.74. The highest BCUT2D eigenvalue weighted by molar-refractivity contribution is 5.78. The van der Waals surface area contributed by atoms with E-state index in [1.54, 1.807) is 0 Å². The lowest BCUT2D eigenvalue weighted by atomic mass is 10.3. The van der Waals surface area contributed by atoms with E-state index in [9.17, 15) is 4.79 Å². The number of benzene rings is 1. The SMILES string of the molecule is Cc1nn(-c2ccccc2)c(=O)c2nocc12. The van der Waals surface area contributed by atoms with Gasteiger partial charge in [-0.3, -0.25) is 4.79 Å². The Hall–Kier alpha value is -2.43. The number of hydrogen-bond donors (Lipinski definition) is 0. The average molecular weight is 227 g/mol. The van der Waals surface area contributed by atoms with Crippen LogP contribution in [0.5, 0.6) is 0 Å². The summed E-state index contributed by atoms with van der Waals surface area (Å²) < 4.78 is 6.15. The quantitative estimate of drug-likeness (QED) is 0.634. The zero-order chi connectivity index (χ0) is 11.8. The van der Waals surface area contributed by atoms with Crippen LogP contribution in [0.3, 0.4) is 0 Å². The summed E-state index contributed by atoms with van der Waals surface area (Å²) in [6.45, 7) is 1.82. The Balaban J connectivity index is 2.39. The Kier molecular flexibility index (Phi) is 2.04. The van der Waals surface area contributed by atoms with Crippen molar-refractivity contribution in [1.29, 1.82) is 0 Å². The third kappa shape index (κ3) is 1.44. The summed E-state index contributed by atoms with van der Waals surface area (Å²) in [5.41, 5.74) is 1.46. The molecule has 5 heteroatoms. The van der Waals surface area contributed by atoms with E-state index in [0.29, 0.717) is 22.3 Å². The maximum atomic E-state index is 12.1. The zero-order valence-corrected chi connectivity index (χ0v) is 9.12. The van der Waals surface area contributed by atoms with Crippen LogP contribution < -0.4 is 5.56 Å². The topological polar surface area (TPSA) is 60.9 Å². The molecule has 3 rings (SSSR count). The van der Waals surface area contributed by atoms with E-state index in [0.717, 1.165) is 0 Å². The van der Waals surface area contributed by atoms with E-state index in [1.165, 1.54) is 10.9 Å². The predicted octanol–water partition coefficient (Wildman–Crippen LogP) is 1.68. The van der Waals surface area contributed by atoms with Crippen LogP contribution >= 0.6 is 0 Å². The molecule has 17 heavy (non-hydrogen) atoms. The first-order valence-electron chi connectivity index (χ1n) is 5.17. The van der Waals surface area contributed by atoms with Crippen molar-refractivity contribution >= 4 is 10.9 Å². The summed E-state index contributed by atoms with van der Waals surface area (Å²) in [6.07, 6.45) is 1.44. The summed E-state index contributed by atoms with van der Waals surface area (Å²) in [5, 5.41) is 8.62. The van der Waals surface area contributed by atoms with Crippen LogP contribution in [0.4, 0.5) is 0 Å². The molecule has 0 aliphatic heterocycles. The van der Waals surface area contributed by atoms with Crippen molar-refractivity contribution in [1.82, 2.24) is 14.9 Å². The first-order chi connectivity index (χ1) is 8.27. The molecular weight excluding hydrogens is 218 g/mol. The molecule has 0 saturated carbocycles. The van der Waals surface area contributed by atoms with Gasteiger partial charge in [0.1, 0.15) is 6.26 Å². The molecule has 0 aliphatic rings. The zero-order valence-electron chi connectivity index (χ0n) is 9.12. The van der Waals surface area contributed by atoms with Gasteiger partial charge in [-0.25, -0.2) is 0 Å². The lowest BCUT2D eigenvalue weighted by molar-refractivity contribution is 0.427. The molecule has 2 heterocycles. The van der Waals surface area contributed by atoms with Crippen molar-refractivity contribution < 1.29 is 4.52 Å². The minimum Gasteiger partial charge on any atom is -0.363 e. The molecule has 0 radical (unpaired) electrons. The average Bonchev–Trinajstić information content (AvgIpc) is 2.85. The maximum absolute atomic E-state index is 12.1. The highest BCUT2D eigenvalue weighted by atomic mass is 16.5. The summed E-state index contributed by atoms with van der Waals surface area (Å²) in [6, 6.07) is 9.23. The molecular formula is C12H9N3O2. The van der Waals surface area contributed by atoms with Gasteiger partial charge in [-0.15, -0.1) is 0 Å². The second-order valence-electron chi connectivity index (χ2n) is 3.71. The van der Waals surface area contributed by atoms with Gasteiger partial charge in [0.2, 0.25) is 0 Å². The van der Waals surface area contributed by atoms with Crippen LogP contribution in [0.1, 0.15) is 5.69 Å². The molecule has 0 amide bonds. The second kappa shape index (κ2) is 3.55. The monoisotopic (exact) mass is 227 g/mol. The Bertz CT molecular complexity index is 728. The molecule has 1 aromatic carbocycles. The number of aryl methyl sites for hydroxylation is 1. The highest BCUT2D eigenvalue weighted by Crippen LogP contribution is 2.12. The second-order valence-corrected chi connectivity index (χ2v) is 3.71. The fourth-order valence-electron chi connectivity index (χ4n) is 1.74. The molecule has 3 aromatic rings. The Labute approximate surface area is 96.3 Å². The predicted molar refractivity (Wildman–Crippen MR) is 62.1 cm³/mol. The van der Waals surface area contributed by atoms with Crippen LogP contribution in [0.2, 0.25) is 0 Å². The van der Waals surface area contributed by atoms with E-state index in [-0.39, 0.29) is 5.56 Å². The van der Waals surface area contributed by atoms with Crippen LogP contribution in [0.25, 0.3) is 16.6 Å². The Morgan fingerprint density at radius 1 is 1.24 bits per heavy atom. The molecule has 0 aliphatic carbocycles. The van der Waals surface area contributed by atoms with Crippen molar-refractivity contribution in [2.24, 2.45) is 0 Å². The van der Waals surface area contributed by atoms with Crippen molar-refractivity contribution in [2.45, 2.75) is 6.92 Å². The molecule has 2 aromatic heterocycles. The third-order valence-electron chi connectivity index (χ3n) is 2.61. The van der Waals surface area contributed by atoms with E-state index in [1.807, 2.05) is 37.3 Å². The number of para-hydroxylation sites is 1.